The number of benzene rings is 2. The van der Waals surface area contributed by atoms with E-state index in [1.807, 2.05) is 0 Å². The van der Waals surface area contributed by atoms with Crippen molar-refractivity contribution in [3.8, 4) is 5.75 Å². The Bertz CT molecular complexity index is 722. The summed E-state index contributed by atoms with van der Waals surface area (Å²) in [7, 11) is 0. The lowest BCUT2D eigenvalue weighted by atomic mass is 10.0. The quantitative estimate of drug-likeness (QED) is 0.938. The molecule has 4 heteroatoms. The third kappa shape index (κ3) is 2.40. The highest BCUT2D eigenvalue weighted by Crippen LogP contribution is 2.29. The van der Waals surface area contributed by atoms with Gasteiger partial charge in [0, 0.05) is 13.1 Å². The third-order valence-corrected chi connectivity index (χ3v) is 3.61. The highest BCUT2D eigenvalue weighted by molar-refractivity contribution is 6.01. The average molecular weight is 283 g/mol. The number of hydrogen-bond acceptors (Lipinski definition) is 2. The topological polar surface area (TPSA) is 40.5 Å². The highest BCUT2D eigenvalue weighted by atomic mass is 19.1. The van der Waals surface area contributed by atoms with Crippen LogP contribution in [0, 0.1) is 5.82 Å². The zero-order chi connectivity index (χ0) is 15.0. The number of amides is 1. The Morgan fingerprint density at radius 3 is 2.67 bits per heavy atom. The van der Waals surface area contributed by atoms with Crippen molar-refractivity contribution in [3.63, 3.8) is 0 Å². The number of nitrogens with zero attached hydrogens (tertiary/aromatic N) is 1. The van der Waals surface area contributed by atoms with E-state index >= 15 is 0 Å². The van der Waals surface area contributed by atoms with Crippen molar-refractivity contribution in [1.82, 2.24) is 4.90 Å². The maximum atomic E-state index is 13.5. The minimum Gasteiger partial charge on any atom is -0.508 e. The molecule has 1 amide bonds. The predicted molar refractivity (Wildman–Crippen MR) is 78.2 cm³/mol. The molecule has 0 aromatic heterocycles. The second-order valence-corrected chi connectivity index (χ2v) is 5.06. The summed E-state index contributed by atoms with van der Waals surface area (Å²) in [5.41, 5.74) is 2.66. The van der Waals surface area contributed by atoms with Crippen molar-refractivity contribution in [1.29, 1.82) is 0 Å². The number of aromatic hydroxyl groups is 1. The summed E-state index contributed by atoms with van der Waals surface area (Å²) in [5.74, 6) is -0.290. The molecule has 2 aromatic rings. The van der Waals surface area contributed by atoms with Gasteiger partial charge in [-0.15, -0.1) is 0 Å². The van der Waals surface area contributed by atoms with Crippen molar-refractivity contribution in [2.24, 2.45) is 0 Å². The van der Waals surface area contributed by atoms with Gasteiger partial charge in [0.15, 0.2) is 0 Å². The Balaban J connectivity index is 1.90. The second kappa shape index (κ2) is 5.05. The van der Waals surface area contributed by atoms with Crippen LogP contribution in [0.1, 0.15) is 27.0 Å². The van der Waals surface area contributed by atoms with Gasteiger partial charge in [-0.2, -0.15) is 0 Å². The van der Waals surface area contributed by atoms with E-state index in [2.05, 4.69) is 6.58 Å². The molecule has 21 heavy (non-hydrogen) atoms. The monoisotopic (exact) mass is 283 g/mol. The molecule has 0 spiro atoms. The Hall–Kier alpha value is -2.62. The molecule has 106 valence electrons. The second-order valence-electron chi connectivity index (χ2n) is 5.06. The van der Waals surface area contributed by atoms with Crippen LogP contribution in [0.15, 0.2) is 43.0 Å². The fraction of sp³-hybridized carbons (Fsp3) is 0.118. The zero-order valence-electron chi connectivity index (χ0n) is 11.3. The fourth-order valence-electron chi connectivity index (χ4n) is 2.62. The van der Waals surface area contributed by atoms with Crippen LogP contribution in [0.25, 0.3) is 6.08 Å². The average Bonchev–Trinajstić information content (AvgIpc) is 2.77. The molecule has 1 aliphatic rings. The van der Waals surface area contributed by atoms with E-state index < -0.39 is 0 Å². The molecule has 0 fully saturated rings. The van der Waals surface area contributed by atoms with Crippen molar-refractivity contribution in [2.45, 2.75) is 13.1 Å². The van der Waals surface area contributed by atoms with E-state index in [0.29, 0.717) is 29.8 Å². The first-order valence-electron chi connectivity index (χ1n) is 6.60. The molecule has 2 aromatic carbocycles. The van der Waals surface area contributed by atoms with Gasteiger partial charge in [0.05, 0.1) is 5.56 Å². The number of fused-ring (bicyclic) bond motifs is 1. The van der Waals surface area contributed by atoms with E-state index in [-0.39, 0.29) is 17.5 Å². The summed E-state index contributed by atoms with van der Waals surface area (Å²) >= 11 is 0. The van der Waals surface area contributed by atoms with Crippen LogP contribution < -0.4 is 0 Å². The van der Waals surface area contributed by atoms with Gasteiger partial charge < -0.3 is 10.0 Å². The van der Waals surface area contributed by atoms with Crippen LogP contribution >= 0.6 is 0 Å². The lowest BCUT2D eigenvalue weighted by Gasteiger charge is -2.15. The van der Waals surface area contributed by atoms with Crippen LogP contribution in [0.2, 0.25) is 0 Å². The number of carbonyl (C=O) groups is 1. The first kappa shape index (κ1) is 13.4. The van der Waals surface area contributed by atoms with Gasteiger partial charge in [0.25, 0.3) is 5.91 Å². The molecule has 0 aliphatic carbocycles. The molecule has 0 saturated heterocycles. The first-order valence-corrected chi connectivity index (χ1v) is 6.60. The maximum Gasteiger partial charge on any atom is 0.255 e. The van der Waals surface area contributed by atoms with Gasteiger partial charge in [-0.05, 0) is 41.0 Å². The number of phenolic OH excluding ortho intramolecular Hbond substituents is 1. The van der Waals surface area contributed by atoms with Crippen LogP contribution in [0.5, 0.6) is 5.75 Å². The Morgan fingerprint density at radius 1 is 1.29 bits per heavy atom. The van der Waals surface area contributed by atoms with Crippen LogP contribution in [-0.2, 0) is 13.1 Å². The van der Waals surface area contributed by atoms with E-state index in [1.54, 1.807) is 29.2 Å². The van der Waals surface area contributed by atoms with Crippen molar-refractivity contribution < 1.29 is 14.3 Å². The van der Waals surface area contributed by atoms with E-state index in [1.165, 1.54) is 18.2 Å². The number of carbonyl (C=O) groups excluding carboxylic acids is 1. The minimum absolute atomic E-state index is 0.118. The van der Waals surface area contributed by atoms with Gasteiger partial charge in [-0.1, -0.05) is 24.8 Å². The lowest BCUT2D eigenvalue weighted by Crippen LogP contribution is -2.23. The fourth-order valence-corrected chi connectivity index (χ4v) is 2.62. The number of hydrogen-bond donors (Lipinski definition) is 1. The zero-order valence-corrected chi connectivity index (χ0v) is 11.3. The normalized spacial score (nSPS) is 13.4. The summed E-state index contributed by atoms with van der Waals surface area (Å²) in [6, 6.07) is 9.42. The first-order chi connectivity index (χ1) is 10.1. The minimum atomic E-state index is -0.358. The van der Waals surface area contributed by atoms with Crippen molar-refractivity contribution in [3.05, 3.63) is 71.0 Å². The Morgan fingerprint density at radius 2 is 2.00 bits per heavy atom. The van der Waals surface area contributed by atoms with Crippen LogP contribution in [-0.4, -0.2) is 15.9 Å². The summed E-state index contributed by atoms with van der Waals surface area (Å²) in [4.78, 5) is 14.1. The molecule has 1 aliphatic heterocycles. The van der Waals surface area contributed by atoms with Crippen molar-refractivity contribution in [2.75, 3.05) is 0 Å². The van der Waals surface area contributed by atoms with Crippen LogP contribution in [0.3, 0.4) is 0 Å². The smallest absolute Gasteiger partial charge is 0.255 e. The molecule has 0 saturated carbocycles. The summed E-state index contributed by atoms with van der Waals surface area (Å²) in [5, 5.41) is 9.28. The molecule has 0 atom stereocenters. The predicted octanol–water partition coefficient (Wildman–Crippen LogP) is 3.33. The van der Waals surface area contributed by atoms with Gasteiger partial charge in [0.2, 0.25) is 0 Å². The Kier molecular flexibility index (Phi) is 3.22. The van der Waals surface area contributed by atoms with Crippen LogP contribution in [0.4, 0.5) is 4.39 Å². The van der Waals surface area contributed by atoms with E-state index in [9.17, 15) is 14.3 Å². The number of rotatable bonds is 3. The molecule has 0 radical (unpaired) electrons. The van der Waals surface area contributed by atoms with E-state index in [0.717, 1.165) is 5.56 Å². The SMILES string of the molecule is C=Cc1cc(F)cc2c1C(=O)N(Cc1ccc(O)cc1)C2. The lowest BCUT2D eigenvalue weighted by molar-refractivity contribution is 0.0766. The van der Waals surface area contributed by atoms with Gasteiger partial charge in [-0.25, -0.2) is 4.39 Å². The maximum absolute atomic E-state index is 13.5. The number of phenols is 1. The standard InChI is InChI=1S/C17H14FNO2/c1-2-12-7-14(18)8-13-10-19(17(21)16(12)13)9-11-3-5-15(20)6-4-11/h2-8,20H,1,9-10H2. The molecular weight excluding hydrogens is 269 g/mol. The summed E-state index contributed by atoms with van der Waals surface area (Å²) in [6.07, 6.45) is 1.50. The third-order valence-electron chi connectivity index (χ3n) is 3.61. The molecule has 1 heterocycles. The van der Waals surface area contributed by atoms with E-state index in [4.69, 9.17) is 0 Å². The molecule has 0 bridgehead atoms. The van der Waals surface area contributed by atoms with Crippen molar-refractivity contribution >= 4 is 12.0 Å². The van der Waals surface area contributed by atoms with Gasteiger partial charge in [0.1, 0.15) is 11.6 Å². The summed E-state index contributed by atoms with van der Waals surface area (Å²) in [6.45, 7) is 4.44. The molecule has 3 nitrogen and oxygen atoms in total. The molecule has 3 rings (SSSR count). The molecule has 1 N–H and O–H groups in total. The highest BCUT2D eigenvalue weighted by Gasteiger charge is 2.29. The molecular formula is C17H14FNO2. The van der Waals surface area contributed by atoms with Gasteiger partial charge >= 0.3 is 0 Å². The number of halogens is 1. The Labute approximate surface area is 121 Å². The van der Waals surface area contributed by atoms with Gasteiger partial charge in [-0.3, -0.25) is 4.79 Å². The largest absolute Gasteiger partial charge is 0.508 e. The summed E-state index contributed by atoms with van der Waals surface area (Å²) < 4.78 is 13.5. The molecule has 0 unspecified atom stereocenters.